The molecule has 126 valence electrons. The Morgan fingerprint density at radius 2 is 2.04 bits per heavy atom. The Morgan fingerprint density at radius 3 is 2.74 bits per heavy atom. The summed E-state index contributed by atoms with van der Waals surface area (Å²) in [6.07, 6.45) is 3.94. The first-order valence-corrected chi connectivity index (χ1v) is 8.23. The largest absolute Gasteiger partial charge is 0.490 e. The average Bonchev–Trinajstić information content (AvgIpc) is 2.54. The summed E-state index contributed by atoms with van der Waals surface area (Å²) in [6.45, 7) is 5.87. The summed E-state index contributed by atoms with van der Waals surface area (Å²) in [7, 11) is 0. The van der Waals surface area contributed by atoms with Gasteiger partial charge in [-0.05, 0) is 37.5 Å². The first kappa shape index (κ1) is 18.8. The lowest BCUT2D eigenvalue weighted by Gasteiger charge is -2.13. The monoisotopic (exact) mass is 318 g/mol. The van der Waals surface area contributed by atoms with Gasteiger partial charge in [-0.25, -0.2) is 0 Å². The van der Waals surface area contributed by atoms with Gasteiger partial charge in [-0.15, -0.1) is 0 Å². The number of unbranched alkanes of at least 4 members (excludes halogenated alkanes) is 2. The van der Waals surface area contributed by atoms with Gasteiger partial charge in [0.15, 0.2) is 11.5 Å². The highest BCUT2D eigenvalue weighted by Crippen LogP contribution is 2.29. The number of ether oxygens (including phenoxy) is 2. The molecule has 5 heteroatoms. The van der Waals surface area contributed by atoms with E-state index in [4.69, 9.17) is 14.7 Å². The molecule has 0 aliphatic carbocycles. The summed E-state index contributed by atoms with van der Waals surface area (Å²) in [6, 6.07) is 7.68. The number of carbonyl (C=O) groups is 1. The van der Waals surface area contributed by atoms with Crippen molar-refractivity contribution in [3.8, 4) is 17.6 Å². The molecule has 0 saturated heterocycles. The van der Waals surface area contributed by atoms with Crippen molar-refractivity contribution < 1.29 is 14.3 Å². The normalized spacial score (nSPS) is 9.96. The second-order valence-electron chi connectivity index (χ2n) is 5.20. The van der Waals surface area contributed by atoms with Gasteiger partial charge in [0.25, 0.3) is 0 Å². The Balaban J connectivity index is 2.56. The van der Waals surface area contributed by atoms with Crippen LogP contribution in [0.25, 0.3) is 0 Å². The lowest BCUT2D eigenvalue weighted by molar-refractivity contribution is -0.120. The fraction of sp³-hybridized carbons (Fsp3) is 0.556. The van der Waals surface area contributed by atoms with Crippen molar-refractivity contribution in [1.29, 1.82) is 5.26 Å². The molecule has 0 unspecified atom stereocenters. The number of rotatable bonds is 11. The van der Waals surface area contributed by atoms with E-state index in [0.717, 1.165) is 36.3 Å². The van der Waals surface area contributed by atoms with Gasteiger partial charge in [-0.3, -0.25) is 4.79 Å². The third-order valence-electron chi connectivity index (χ3n) is 3.29. The van der Waals surface area contributed by atoms with Crippen molar-refractivity contribution in [2.75, 3.05) is 19.8 Å². The molecule has 0 heterocycles. The van der Waals surface area contributed by atoms with E-state index in [2.05, 4.69) is 12.2 Å². The van der Waals surface area contributed by atoms with Crippen LogP contribution in [-0.4, -0.2) is 25.7 Å². The number of amides is 1. The molecule has 0 bridgehead atoms. The molecule has 0 fully saturated rings. The van der Waals surface area contributed by atoms with Crippen molar-refractivity contribution in [2.45, 2.75) is 46.0 Å². The van der Waals surface area contributed by atoms with E-state index in [-0.39, 0.29) is 12.3 Å². The van der Waals surface area contributed by atoms with Crippen LogP contribution < -0.4 is 14.8 Å². The average molecular weight is 318 g/mol. The van der Waals surface area contributed by atoms with Crippen molar-refractivity contribution in [1.82, 2.24) is 5.32 Å². The zero-order valence-electron chi connectivity index (χ0n) is 14.1. The number of benzene rings is 1. The third-order valence-corrected chi connectivity index (χ3v) is 3.29. The van der Waals surface area contributed by atoms with Crippen LogP contribution in [-0.2, 0) is 11.2 Å². The van der Waals surface area contributed by atoms with Crippen LogP contribution in [0.4, 0.5) is 0 Å². The molecule has 1 N–H and O–H groups in total. The highest BCUT2D eigenvalue weighted by molar-refractivity contribution is 5.77. The predicted molar refractivity (Wildman–Crippen MR) is 89.6 cm³/mol. The smallest absolute Gasteiger partial charge is 0.234 e. The topological polar surface area (TPSA) is 71.3 Å². The number of nitrogens with zero attached hydrogens (tertiary/aromatic N) is 1. The van der Waals surface area contributed by atoms with Gasteiger partial charge < -0.3 is 14.8 Å². The molecule has 0 aromatic heterocycles. The van der Waals surface area contributed by atoms with Crippen molar-refractivity contribution in [2.24, 2.45) is 0 Å². The van der Waals surface area contributed by atoms with Gasteiger partial charge in [0.05, 0.1) is 19.3 Å². The second kappa shape index (κ2) is 11.4. The first-order valence-electron chi connectivity index (χ1n) is 8.23. The summed E-state index contributed by atoms with van der Waals surface area (Å²) < 4.78 is 11.4. The van der Waals surface area contributed by atoms with Crippen molar-refractivity contribution >= 4 is 5.91 Å². The van der Waals surface area contributed by atoms with Gasteiger partial charge in [-0.2, -0.15) is 5.26 Å². The molecule has 0 saturated carbocycles. The molecular formula is C18H26N2O3. The zero-order chi connectivity index (χ0) is 16.9. The van der Waals surface area contributed by atoms with Crippen LogP contribution >= 0.6 is 0 Å². The second-order valence-corrected chi connectivity index (χ2v) is 5.20. The minimum atomic E-state index is -0.242. The molecule has 5 nitrogen and oxygen atoms in total. The van der Waals surface area contributed by atoms with Gasteiger partial charge in [-0.1, -0.05) is 25.8 Å². The predicted octanol–water partition coefficient (Wildman–Crippen LogP) is 3.23. The highest BCUT2D eigenvalue weighted by atomic mass is 16.5. The van der Waals surface area contributed by atoms with Crippen LogP contribution in [0.3, 0.4) is 0 Å². The summed E-state index contributed by atoms with van der Waals surface area (Å²) in [4.78, 5) is 11.2. The lowest BCUT2D eigenvalue weighted by Crippen LogP contribution is -2.24. The Labute approximate surface area is 138 Å². The van der Waals surface area contributed by atoms with E-state index in [1.807, 2.05) is 31.2 Å². The van der Waals surface area contributed by atoms with E-state index in [9.17, 15) is 4.79 Å². The fourth-order valence-corrected chi connectivity index (χ4v) is 2.11. The zero-order valence-corrected chi connectivity index (χ0v) is 14.1. The van der Waals surface area contributed by atoms with E-state index in [1.54, 1.807) is 0 Å². The van der Waals surface area contributed by atoms with Crippen LogP contribution in [0.15, 0.2) is 18.2 Å². The molecule has 0 radical (unpaired) electrons. The minimum Gasteiger partial charge on any atom is -0.490 e. The number of hydrogen-bond acceptors (Lipinski definition) is 4. The summed E-state index contributed by atoms with van der Waals surface area (Å²) in [5.74, 6) is 1.26. The molecule has 0 spiro atoms. The van der Waals surface area contributed by atoms with Crippen molar-refractivity contribution in [3.63, 3.8) is 0 Å². The summed E-state index contributed by atoms with van der Waals surface area (Å²) in [5, 5.41) is 11.2. The molecule has 0 atom stereocenters. The fourth-order valence-electron chi connectivity index (χ4n) is 2.11. The minimum absolute atomic E-state index is 0.102. The van der Waals surface area contributed by atoms with E-state index < -0.39 is 0 Å². The quantitative estimate of drug-likeness (QED) is 0.636. The SMILES string of the molecule is CCCCCOc1ccc(CCNC(=O)CC#N)cc1OCC. The molecule has 1 aromatic carbocycles. The number of carbonyl (C=O) groups excluding carboxylic acids is 1. The Morgan fingerprint density at radius 1 is 1.22 bits per heavy atom. The number of nitriles is 1. The van der Waals surface area contributed by atoms with Crippen LogP contribution in [0, 0.1) is 11.3 Å². The van der Waals surface area contributed by atoms with E-state index in [0.29, 0.717) is 26.2 Å². The maximum atomic E-state index is 11.2. The van der Waals surface area contributed by atoms with Crippen LogP contribution in [0.5, 0.6) is 11.5 Å². The van der Waals surface area contributed by atoms with Gasteiger partial charge in [0.2, 0.25) is 5.91 Å². The van der Waals surface area contributed by atoms with Gasteiger partial charge >= 0.3 is 0 Å². The molecule has 0 aliphatic heterocycles. The third kappa shape index (κ3) is 7.55. The Kier molecular flexibility index (Phi) is 9.30. The van der Waals surface area contributed by atoms with E-state index in [1.165, 1.54) is 0 Å². The summed E-state index contributed by atoms with van der Waals surface area (Å²) in [5.41, 5.74) is 1.06. The van der Waals surface area contributed by atoms with Gasteiger partial charge in [0.1, 0.15) is 6.42 Å². The molecule has 1 aromatic rings. The molecule has 1 amide bonds. The molecule has 1 rings (SSSR count). The van der Waals surface area contributed by atoms with Gasteiger partial charge in [0, 0.05) is 6.54 Å². The number of hydrogen-bond donors (Lipinski definition) is 1. The maximum Gasteiger partial charge on any atom is 0.234 e. The highest BCUT2D eigenvalue weighted by Gasteiger charge is 2.07. The lowest BCUT2D eigenvalue weighted by atomic mass is 10.1. The number of nitrogens with one attached hydrogen (secondary N) is 1. The van der Waals surface area contributed by atoms with Crippen LogP contribution in [0.2, 0.25) is 0 Å². The molecular weight excluding hydrogens is 292 g/mol. The maximum absolute atomic E-state index is 11.2. The first-order chi connectivity index (χ1) is 11.2. The van der Waals surface area contributed by atoms with E-state index >= 15 is 0 Å². The van der Waals surface area contributed by atoms with Crippen molar-refractivity contribution in [3.05, 3.63) is 23.8 Å². The molecule has 0 aliphatic rings. The molecule has 23 heavy (non-hydrogen) atoms. The van der Waals surface area contributed by atoms with Crippen LogP contribution in [0.1, 0.15) is 45.1 Å². The Bertz CT molecular complexity index is 523. The standard InChI is InChI=1S/C18H26N2O3/c1-3-5-6-13-23-16-8-7-15(14-17(16)22-4-2)10-12-20-18(21)9-11-19/h7-8,14H,3-6,9-10,12-13H2,1-2H3,(H,20,21). The summed E-state index contributed by atoms with van der Waals surface area (Å²) >= 11 is 0. The Hall–Kier alpha value is -2.22.